The van der Waals surface area contributed by atoms with Crippen LogP contribution in [0.1, 0.15) is 19.4 Å². The Morgan fingerprint density at radius 2 is 1.83 bits per heavy atom. The number of amides is 1. The summed E-state index contributed by atoms with van der Waals surface area (Å²) < 4.78 is 0.955. The Bertz CT molecular complexity index is 478. The highest BCUT2D eigenvalue weighted by Gasteiger charge is 2.27. The fraction of sp³-hybridized carbons (Fsp3) is 0.231. The Balaban J connectivity index is 2.65. The van der Waals surface area contributed by atoms with E-state index in [0.717, 1.165) is 10.0 Å². The van der Waals surface area contributed by atoms with Crippen molar-refractivity contribution in [3.05, 3.63) is 40.4 Å². The first-order valence-corrected chi connectivity index (χ1v) is 6.10. The number of rotatable bonds is 4. The number of aliphatic carboxylic acids is 1. The number of benzene rings is 1. The van der Waals surface area contributed by atoms with Gasteiger partial charge in [0.25, 0.3) is 0 Å². The van der Waals surface area contributed by atoms with E-state index in [9.17, 15) is 9.59 Å². The maximum absolute atomic E-state index is 11.5. The van der Waals surface area contributed by atoms with E-state index in [1.54, 1.807) is 6.08 Å². The van der Waals surface area contributed by atoms with E-state index >= 15 is 0 Å². The third-order valence-corrected chi connectivity index (χ3v) is 2.80. The van der Waals surface area contributed by atoms with E-state index in [-0.39, 0.29) is 0 Å². The molecule has 0 aliphatic rings. The van der Waals surface area contributed by atoms with Crippen LogP contribution >= 0.6 is 15.9 Å². The molecule has 0 radical (unpaired) electrons. The second-order valence-electron chi connectivity index (χ2n) is 4.30. The lowest BCUT2D eigenvalue weighted by Gasteiger charge is -2.19. The van der Waals surface area contributed by atoms with Crippen LogP contribution in [0.15, 0.2) is 34.8 Å². The van der Waals surface area contributed by atoms with Gasteiger partial charge in [-0.05, 0) is 37.6 Å². The highest BCUT2D eigenvalue weighted by molar-refractivity contribution is 9.10. The minimum atomic E-state index is -1.28. The summed E-state index contributed by atoms with van der Waals surface area (Å²) in [7, 11) is 0. The van der Waals surface area contributed by atoms with Crippen LogP contribution in [0.2, 0.25) is 0 Å². The molecule has 0 aliphatic heterocycles. The van der Waals surface area contributed by atoms with Gasteiger partial charge in [-0.25, -0.2) is 4.79 Å². The summed E-state index contributed by atoms with van der Waals surface area (Å²) >= 11 is 3.31. The molecule has 0 heterocycles. The van der Waals surface area contributed by atoms with Crippen LogP contribution in [-0.2, 0) is 9.59 Å². The van der Waals surface area contributed by atoms with Crippen molar-refractivity contribution in [2.75, 3.05) is 0 Å². The van der Waals surface area contributed by atoms with Crippen molar-refractivity contribution in [3.63, 3.8) is 0 Å². The van der Waals surface area contributed by atoms with Crippen LogP contribution in [-0.4, -0.2) is 22.5 Å². The van der Waals surface area contributed by atoms with Crippen molar-refractivity contribution in [3.8, 4) is 0 Å². The van der Waals surface area contributed by atoms with E-state index in [1.165, 1.54) is 19.9 Å². The third kappa shape index (κ3) is 4.33. The summed E-state index contributed by atoms with van der Waals surface area (Å²) in [5, 5.41) is 11.3. The second-order valence-corrected chi connectivity index (χ2v) is 5.22. The van der Waals surface area contributed by atoms with Gasteiger partial charge in [0, 0.05) is 10.5 Å². The number of carbonyl (C=O) groups excluding carboxylic acids is 1. The second kappa shape index (κ2) is 5.82. The normalized spacial score (nSPS) is 11.5. The van der Waals surface area contributed by atoms with E-state index in [0.29, 0.717) is 0 Å². The molecule has 5 heteroatoms. The van der Waals surface area contributed by atoms with Crippen LogP contribution in [0.4, 0.5) is 0 Å². The quantitative estimate of drug-likeness (QED) is 0.839. The molecule has 18 heavy (non-hydrogen) atoms. The van der Waals surface area contributed by atoms with Crippen LogP contribution in [0.5, 0.6) is 0 Å². The predicted molar refractivity (Wildman–Crippen MR) is 73.0 cm³/mol. The molecule has 4 nitrogen and oxygen atoms in total. The number of nitrogens with one attached hydrogen (secondary N) is 1. The van der Waals surface area contributed by atoms with Gasteiger partial charge in [0.05, 0.1) is 0 Å². The molecule has 0 saturated carbocycles. The van der Waals surface area contributed by atoms with Gasteiger partial charge < -0.3 is 10.4 Å². The van der Waals surface area contributed by atoms with Crippen molar-refractivity contribution in [1.29, 1.82) is 0 Å². The first kappa shape index (κ1) is 14.4. The number of hydrogen-bond donors (Lipinski definition) is 2. The van der Waals surface area contributed by atoms with E-state index in [2.05, 4.69) is 21.2 Å². The van der Waals surface area contributed by atoms with Crippen LogP contribution < -0.4 is 5.32 Å². The predicted octanol–water partition coefficient (Wildman–Crippen LogP) is 2.44. The molecular weight excluding hydrogens is 298 g/mol. The van der Waals surface area contributed by atoms with E-state index in [1.807, 2.05) is 24.3 Å². The van der Waals surface area contributed by atoms with Gasteiger partial charge in [-0.2, -0.15) is 0 Å². The van der Waals surface area contributed by atoms with Crippen LogP contribution in [0, 0.1) is 0 Å². The largest absolute Gasteiger partial charge is 0.480 e. The van der Waals surface area contributed by atoms with E-state index in [4.69, 9.17) is 5.11 Å². The van der Waals surface area contributed by atoms with Gasteiger partial charge in [0.1, 0.15) is 5.54 Å². The number of hydrogen-bond acceptors (Lipinski definition) is 2. The summed E-state index contributed by atoms with van der Waals surface area (Å²) in [6.07, 6.45) is 2.94. The zero-order valence-electron chi connectivity index (χ0n) is 10.1. The molecule has 96 valence electrons. The molecule has 0 unspecified atom stereocenters. The summed E-state index contributed by atoms with van der Waals surface area (Å²) in [6, 6.07) is 7.41. The molecule has 2 N–H and O–H groups in total. The van der Waals surface area contributed by atoms with Crippen molar-refractivity contribution in [2.24, 2.45) is 0 Å². The Hall–Kier alpha value is -1.62. The average Bonchev–Trinajstić information content (AvgIpc) is 2.27. The molecule has 0 atom stereocenters. The van der Waals surface area contributed by atoms with E-state index < -0.39 is 17.4 Å². The molecule has 0 saturated heterocycles. The van der Waals surface area contributed by atoms with Gasteiger partial charge in [-0.1, -0.05) is 28.1 Å². The highest BCUT2D eigenvalue weighted by atomic mass is 79.9. The molecule has 0 aromatic heterocycles. The van der Waals surface area contributed by atoms with Crippen LogP contribution in [0.3, 0.4) is 0 Å². The van der Waals surface area contributed by atoms with Gasteiger partial charge in [0.15, 0.2) is 0 Å². The summed E-state index contributed by atoms with van der Waals surface area (Å²) in [5.74, 6) is -1.52. The topological polar surface area (TPSA) is 66.4 Å². The minimum absolute atomic E-state index is 0.440. The molecule has 0 aliphatic carbocycles. The van der Waals surface area contributed by atoms with Crippen molar-refractivity contribution >= 4 is 33.9 Å². The third-order valence-electron chi connectivity index (χ3n) is 2.27. The number of carboxylic acid groups (broad SMARTS) is 1. The zero-order chi connectivity index (χ0) is 13.8. The molecule has 0 spiro atoms. The maximum atomic E-state index is 11.5. The molecule has 1 amide bonds. The fourth-order valence-corrected chi connectivity index (χ4v) is 1.41. The standard InChI is InChI=1S/C13H14BrNO3/c1-13(2,12(17)18)15-11(16)8-5-9-3-6-10(14)7-4-9/h3-8H,1-2H3,(H,15,16)(H,17,18). The van der Waals surface area contributed by atoms with Crippen LogP contribution in [0.25, 0.3) is 6.08 Å². The molecule has 0 bridgehead atoms. The average molecular weight is 312 g/mol. The first-order chi connectivity index (χ1) is 8.31. The smallest absolute Gasteiger partial charge is 0.328 e. The lowest BCUT2D eigenvalue weighted by atomic mass is 10.1. The number of carboxylic acids is 1. The van der Waals surface area contributed by atoms with Crippen molar-refractivity contribution in [2.45, 2.75) is 19.4 Å². The Labute approximate surface area is 114 Å². The summed E-state index contributed by atoms with van der Waals surface area (Å²) in [5.41, 5.74) is -0.414. The molecule has 1 aromatic rings. The Morgan fingerprint density at radius 3 is 2.33 bits per heavy atom. The molecular formula is C13H14BrNO3. The highest BCUT2D eigenvalue weighted by Crippen LogP contribution is 2.11. The molecule has 1 rings (SSSR count). The summed E-state index contributed by atoms with van der Waals surface area (Å²) in [4.78, 5) is 22.4. The first-order valence-electron chi connectivity index (χ1n) is 5.30. The monoisotopic (exact) mass is 311 g/mol. The lowest BCUT2D eigenvalue weighted by Crippen LogP contribution is -2.49. The Morgan fingerprint density at radius 1 is 1.28 bits per heavy atom. The van der Waals surface area contributed by atoms with Gasteiger partial charge in [-0.3, -0.25) is 4.79 Å². The Kier molecular flexibility index (Phi) is 4.67. The molecule has 1 aromatic carbocycles. The maximum Gasteiger partial charge on any atom is 0.328 e. The lowest BCUT2D eigenvalue weighted by molar-refractivity contribution is -0.145. The fourth-order valence-electron chi connectivity index (χ4n) is 1.15. The van der Waals surface area contributed by atoms with Gasteiger partial charge >= 0.3 is 5.97 Å². The van der Waals surface area contributed by atoms with Crippen molar-refractivity contribution < 1.29 is 14.7 Å². The minimum Gasteiger partial charge on any atom is -0.480 e. The van der Waals surface area contributed by atoms with Crippen molar-refractivity contribution in [1.82, 2.24) is 5.32 Å². The SMILES string of the molecule is CC(C)(NC(=O)C=Cc1ccc(Br)cc1)C(=O)O. The molecule has 0 fully saturated rings. The number of halogens is 1. The summed E-state index contributed by atoms with van der Waals surface area (Å²) in [6.45, 7) is 2.86. The van der Waals surface area contributed by atoms with Gasteiger partial charge in [0.2, 0.25) is 5.91 Å². The zero-order valence-corrected chi connectivity index (χ0v) is 11.7. The number of carbonyl (C=O) groups is 2. The van der Waals surface area contributed by atoms with Gasteiger partial charge in [-0.15, -0.1) is 0 Å².